The summed E-state index contributed by atoms with van der Waals surface area (Å²) in [4.78, 5) is 4.86. The minimum absolute atomic E-state index is 0.117. The van der Waals surface area contributed by atoms with Crippen LogP contribution in [0.25, 0.3) is 0 Å². The summed E-state index contributed by atoms with van der Waals surface area (Å²) in [7, 11) is 4.99. The van der Waals surface area contributed by atoms with Gasteiger partial charge in [-0.25, -0.2) is 0 Å². The summed E-state index contributed by atoms with van der Waals surface area (Å²) in [6.07, 6.45) is 0.847. The molecule has 0 aliphatic carbocycles. The molecular weight excluding hydrogens is 290 g/mol. The molecule has 4 heteroatoms. The Labute approximate surface area is 136 Å². The molecular formula is C19H21NO3. The molecule has 1 aliphatic heterocycles. The van der Waals surface area contributed by atoms with Crippen molar-refractivity contribution < 1.29 is 14.2 Å². The van der Waals surface area contributed by atoms with Crippen molar-refractivity contribution in [2.45, 2.75) is 19.4 Å². The van der Waals surface area contributed by atoms with Gasteiger partial charge >= 0.3 is 0 Å². The fourth-order valence-corrected chi connectivity index (χ4v) is 3.00. The molecule has 0 saturated heterocycles. The third-order valence-electron chi connectivity index (χ3n) is 4.26. The minimum Gasteiger partial charge on any atom is -0.497 e. The summed E-state index contributed by atoms with van der Waals surface area (Å²) in [6, 6.07) is 12.3. The normalized spacial score (nSPS) is 16.3. The predicted molar refractivity (Wildman–Crippen MR) is 91.2 cm³/mol. The van der Waals surface area contributed by atoms with E-state index in [0.29, 0.717) is 0 Å². The number of hydrogen-bond acceptors (Lipinski definition) is 4. The van der Waals surface area contributed by atoms with E-state index in [0.717, 1.165) is 34.9 Å². The van der Waals surface area contributed by atoms with Gasteiger partial charge < -0.3 is 14.2 Å². The Morgan fingerprint density at radius 2 is 1.57 bits per heavy atom. The van der Waals surface area contributed by atoms with Crippen LogP contribution in [0, 0.1) is 0 Å². The van der Waals surface area contributed by atoms with Crippen molar-refractivity contribution in [3.05, 3.63) is 53.1 Å². The minimum atomic E-state index is 0.117. The second-order valence-corrected chi connectivity index (χ2v) is 5.57. The zero-order valence-electron chi connectivity index (χ0n) is 13.9. The van der Waals surface area contributed by atoms with E-state index >= 15 is 0 Å². The number of nitrogens with zero attached hydrogens (tertiary/aromatic N) is 1. The van der Waals surface area contributed by atoms with E-state index in [1.54, 1.807) is 21.3 Å². The molecule has 0 spiro atoms. The highest BCUT2D eigenvalue weighted by Crippen LogP contribution is 2.37. The number of aliphatic imine (C=N–C) groups is 1. The predicted octanol–water partition coefficient (Wildman–Crippen LogP) is 3.82. The molecule has 3 rings (SSSR count). The van der Waals surface area contributed by atoms with E-state index in [-0.39, 0.29) is 6.04 Å². The van der Waals surface area contributed by atoms with Gasteiger partial charge in [0.25, 0.3) is 0 Å². The zero-order chi connectivity index (χ0) is 16.4. The van der Waals surface area contributed by atoms with Crippen LogP contribution in [0.1, 0.15) is 29.7 Å². The molecule has 0 fully saturated rings. The van der Waals surface area contributed by atoms with Gasteiger partial charge in [0.2, 0.25) is 0 Å². The Kier molecular flexibility index (Phi) is 4.24. The van der Waals surface area contributed by atoms with Crippen molar-refractivity contribution in [2.75, 3.05) is 21.3 Å². The van der Waals surface area contributed by atoms with Gasteiger partial charge in [-0.3, -0.25) is 4.99 Å². The number of rotatable bonds is 4. The maximum atomic E-state index is 5.43. The molecule has 1 unspecified atom stereocenters. The van der Waals surface area contributed by atoms with Crippen molar-refractivity contribution in [3.8, 4) is 17.2 Å². The molecule has 0 amide bonds. The highest BCUT2D eigenvalue weighted by Gasteiger charge is 2.22. The van der Waals surface area contributed by atoms with E-state index in [4.69, 9.17) is 19.2 Å². The lowest BCUT2D eigenvalue weighted by molar-refractivity contribution is 0.354. The van der Waals surface area contributed by atoms with Crippen LogP contribution >= 0.6 is 0 Å². The number of fused-ring (bicyclic) bond motifs is 1. The Morgan fingerprint density at radius 1 is 0.913 bits per heavy atom. The first-order chi connectivity index (χ1) is 11.2. The van der Waals surface area contributed by atoms with Crippen molar-refractivity contribution in [2.24, 2.45) is 4.99 Å². The molecule has 120 valence electrons. The van der Waals surface area contributed by atoms with Crippen molar-refractivity contribution in [3.63, 3.8) is 0 Å². The summed E-state index contributed by atoms with van der Waals surface area (Å²) < 4.78 is 16.0. The standard InChI is InChI=1S/C19H21NO3/c1-12-16-11-19(23-4)18(22-3)10-14(16)9-17(20-12)13-5-7-15(21-2)8-6-13/h5-8,10-11,17H,9H2,1-4H3. The van der Waals surface area contributed by atoms with Crippen LogP contribution in [0.2, 0.25) is 0 Å². The number of benzene rings is 2. The van der Waals surface area contributed by atoms with E-state index in [1.165, 1.54) is 11.1 Å². The molecule has 2 aromatic rings. The van der Waals surface area contributed by atoms with Gasteiger partial charge in [-0.1, -0.05) is 12.1 Å². The second kappa shape index (κ2) is 6.32. The van der Waals surface area contributed by atoms with Gasteiger partial charge in [-0.05, 0) is 48.7 Å². The van der Waals surface area contributed by atoms with E-state index in [1.807, 2.05) is 25.1 Å². The molecule has 0 radical (unpaired) electrons. The van der Waals surface area contributed by atoms with Gasteiger partial charge in [-0.15, -0.1) is 0 Å². The van der Waals surface area contributed by atoms with E-state index in [9.17, 15) is 0 Å². The molecule has 0 saturated carbocycles. The third kappa shape index (κ3) is 2.89. The number of hydrogen-bond donors (Lipinski definition) is 0. The first-order valence-corrected chi connectivity index (χ1v) is 7.60. The van der Waals surface area contributed by atoms with Crippen molar-refractivity contribution in [1.82, 2.24) is 0 Å². The van der Waals surface area contributed by atoms with Gasteiger partial charge in [0, 0.05) is 11.3 Å². The monoisotopic (exact) mass is 311 g/mol. The van der Waals surface area contributed by atoms with Crippen LogP contribution in [-0.2, 0) is 6.42 Å². The van der Waals surface area contributed by atoms with Crippen LogP contribution in [0.5, 0.6) is 17.2 Å². The van der Waals surface area contributed by atoms with Crippen molar-refractivity contribution in [1.29, 1.82) is 0 Å². The van der Waals surface area contributed by atoms with Gasteiger partial charge in [0.1, 0.15) is 5.75 Å². The largest absolute Gasteiger partial charge is 0.497 e. The lowest BCUT2D eigenvalue weighted by Crippen LogP contribution is -2.14. The Hall–Kier alpha value is -2.49. The molecule has 2 aromatic carbocycles. The molecule has 1 heterocycles. The van der Waals surface area contributed by atoms with Crippen LogP contribution < -0.4 is 14.2 Å². The summed E-state index contributed by atoms with van der Waals surface area (Å²) in [5.41, 5.74) is 4.57. The van der Waals surface area contributed by atoms with Crippen LogP contribution in [0.4, 0.5) is 0 Å². The van der Waals surface area contributed by atoms with E-state index in [2.05, 4.69) is 18.2 Å². The molecule has 0 bridgehead atoms. The van der Waals surface area contributed by atoms with E-state index < -0.39 is 0 Å². The smallest absolute Gasteiger partial charge is 0.161 e. The lowest BCUT2D eigenvalue weighted by atomic mass is 9.90. The van der Waals surface area contributed by atoms with Gasteiger partial charge in [0.05, 0.1) is 27.4 Å². The Bertz CT molecular complexity index is 735. The Balaban J connectivity index is 1.97. The highest BCUT2D eigenvalue weighted by atomic mass is 16.5. The maximum absolute atomic E-state index is 5.43. The molecule has 1 aliphatic rings. The zero-order valence-corrected chi connectivity index (χ0v) is 13.9. The SMILES string of the molecule is COc1ccc(C2Cc3cc(OC)c(OC)cc3C(C)=N2)cc1. The van der Waals surface area contributed by atoms with Gasteiger partial charge in [0.15, 0.2) is 11.5 Å². The topological polar surface area (TPSA) is 40.0 Å². The number of ether oxygens (including phenoxy) is 3. The first kappa shape index (κ1) is 15.4. The molecule has 0 aromatic heterocycles. The Morgan fingerprint density at radius 3 is 2.17 bits per heavy atom. The quantitative estimate of drug-likeness (QED) is 0.862. The van der Waals surface area contributed by atoms with Crippen molar-refractivity contribution >= 4 is 5.71 Å². The summed E-state index contributed by atoms with van der Waals surface area (Å²) >= 11 is 0. The van der Waals surface area contributed by atoms with Crippen LogP contribution in [-0.4, -0.2) is 27.0 Å². The van der Waals surface area contributed by atoms with Crippen LogP contribution in [0.15, 0.2) is 41.4 Å². The fraction of sp³-hybridized carbons (Fsp3) is 0.316. The average molecular weight is 311 g/mol. The molecule has 4 nitrogen and oxygen atoms in total. The molecule has 1 atom stereocenters. The van der Waals surface area contributed by atoms with Crippen LogP contribution in [0.3, 0.4) is 0 Å². The number of methoxy groups -OCH3 is 3. The summed E-state index contributed by atoms with van der Waals surface area (Å²) in [6.45, 7) is 2.04. The summed E-state index contributed by atoms with van der Waals surface area (Å²) in [5.74, 6) is 2.36. The van der Waals surface area contributed by atoms with Gasteiger partial charge in [-0.2, -0.15) is 0 Å². The molecule has 0 N–H and O–H groups in total. The third-order valence-corrected chi connectivity index (χ3v) is 4.26. The molecule has 23 heavy (non-hydrogen) atoms. The fourth-order valence-electron chi connectivity index (χ4n) is 3.00. The maximum Gasteiger partial charge on any atom is 0.161 e. The highest BCUT2D eigenvalue weighted by molar-refractivity contribution is 6.01. The first-order valence-electron chi connectivity index (χ1n) is 7.60. The average Bonchev–Trinajstić information content (AvgIpc) is 2.60. The lowest BCUT2D eigenvalue weighted by Gasteiger charge is -2.24. The second-order valence-electron chi connectivity index (χ2n) is 5.57. The summed E-state index contributed by atoms with van der Waals surface area (Å²) in [5, 5.41) is 0.